The molecule has 0 atom stereocenters. The smallest absolute Gasteiger partial charge is 0.297 e. The summed E-state index contributed by atoms with van der Waals surface area (Å²) in [7, 11) is 1.58. The Kier molecular flexibility index (Phi) is 4.73. The van der Waals surface area contributed by atoms with E-state index in [9.17, 15) is 4.79 Å². The number of hydrogen-bond donors (Lipinski definition) is 5. The largest absolute Gasteiger partial charge is 0.402 e. The number of anilines is 2. The lowest BCUT2D eigenvalue weighted by atomic mass is 10.1. The van der Waals surface area contributed by atoms with Crippen molar-refractivity contribution in [3.8, 4) is 0 Å². The van der Waals surface area contributed by atoms with Gasteiger partial charge < -0.3 is 22.5 Å². The normalized spacial score (nSPS) is 12.1. The Morgan fingerprint density at radius 3 is 2.65 bits per heavy atom. The van der Waals surface area contributed by atoms with E-state index in [2.05, 4.69) is 20.3 Å². The van der Waals surface area contributed by atoms with Gasteiger partial charge >= 0.3 is 0 Å². The number of amidine groups is 1. The summed E-state index contributed by atoms with van der Waals surface area (Å²) in [6.45, 7) is 1.60. The van der Waals surface area contributed by atoms with Crippen LogP contribution in [0.5, 0.6) is 0 Å². The van der Waals surface area contributed by atoms with Crippen LogP contribution in [0.4, 0.5) is 11.6 Å². The molecule has 0 aliphatic carbocycles. The second-order valence-electron chi connectivity index (χ2n) is 3.84. The number of hydrogen-bond acceptors (Lipinski definition) is 7. The number of carbonyl (C=O) groups is 1. The van der Waals surface area contributed by atoms with Gasteiger partial charge in [-0.2, -0.15) is 4.99 Å². The predicted octanol–water partition coefficient (Wildman–Crippen LogP) is -0.785. The standard InChI is InChI=1S/C11H16N8O/c1-5(12)3-6(13)19-11(20)8(14)7-9(15)17-4-18-10(7)16-2/h3-4,14H,12H2,1-2H3,(H2,13,19,20)(H3,15,16,17,18)/b5-3-,14-8?. The lowest BCUT2D eigenvalue weighted by Gasteiger charge is -2.08. The molecule has 0 spiro atoms. The highest BCUT2D eigenvalue weighted by molar-refractivity contribution is 6.47. The first-order chi connectivity index (χ1) is 9.36. The van der Waals surface area contributed by atoms with Crippen molar-refractivity contribution in [2.75, 3.05) is 18.1 Å². The zero-order valence-corrected chi connectivity index (χ0v) is 11.1. The van der Waals surface area contributed by atoms with E-state index < -0.39 is 11.6 Å². The molecular formula is C11H16N8O. The fourth-order valence-corrected chi connectivity index (χ4v) is 1.38. The van der Waals surface area contributed by atoms with Crippen LogP contribution < -0.4 is 22.5 Å². The van der Waals surface area contributed by atoms with Crippen LogP contribution in [0, 0.1) is 5.41 Å². The van der Waals surface area contributed by atoms with Gasteiger partial charge in [0.15, 0.2) is 0 Å². The Bertz CT molecular complexity index is 600. The van der Waals surface area contributed by atoms with E-state index in [1.165, 1.54) is 12.4 Å². The molecule has 1 amide bonds. The number of rotatable bonds is 4. The number of nitrogens with one attached hydrogen (secondary N) is 2. The highest BCUT2D eigenvalue weighted by Gasteiger charge is 2.19. The summed E-state index contributed by atoms with van der Waals surface area (Å²) in [6, 6.07) is 0. The highest BCUT2D eigenvalue weighted by Crippen LogP contribution is 2.17. The lowest BCUT2D eigenvalue weighted by molar-refractivity contribution is -0.111. The molecular weight excluding hydrogens is 260 g/mol. The molecule has 0 unspecified atom stereocenters. The summed E-state index contributed by atoms with van der Waals surface area (Å²) in [4.78, 5) is 23.0. The summed E-state index contributed by atoms with van der Waals surface area (Å²) in [5.74, 6) is -0.698. The van der Waals surface area contributed by atoms with E-state index in [4.69, 9.17) is 22.6 Å². The SMILES string of the molecule is CNc1ncnc(N)c1C(=N)C(=O)N=C(N)/C=C(/C)N. The van der Waals surface area contributed by atoms with Crippen LogP contribution in [0.2, 0.25) is 0 Å². The molecule has 0 bridgehead atoms. The van der Waals surface area contributed by atoms with E-state index in [1.54, 1.807) is 14.0 Å². The molecule has 1 heterocycles. The minimum absolute atomic E-state index is 0.00187. The second-order valence-corrected chi connectivity index (χ2v) is 3.84. The summed E-state index contributed by atoms with van der Waals surface area (Å²) in [6.07, 6.45) is 2.54. The van der Waals surface area contributed by atoms with Crippen molar-refractivity contribution >= 4 is 29.1 Å². The number of nitrogens with zero attached hydrogens (tertiary/aromatic N) is 3. The van der Waals surface area contributed by atoms with Crippen molar-refractivity contribution in [2.24, 2.45) is 16.5 Å². The van der Waals surface area contributed by atoms with Gasteiger partial charge in [0.05, 0.1) is 5.56 Å². The minimum atomic E-state index is -0.863. The van der Waals surface area contributed by atoms with Gasteiger partial charge in [-0.15, -0.1) is 0 Å². The number of carbonyl (C=O) groups excluding carboxylic acids is 1. The Hall–Kier alpha value is -2.97. The van der Waals surface area contributed by atoms with Crippen molar-refractivity contribution in [1.82, 2.24) is 9.97 Å². The minimum Gasteiger partial charge on any atom is -0.402 e. The van der Waals surface area contributed by atoms with Crippen molar-refractivity contribution in [3.05, 3.63) is 23.7 Å². The van der Waals surface area contributed by atoms with Crippen molar-refractivity contribution in [2.45, 2.75) is 6.92 Å². The van der Waals surface area contributed by atoms with Crippen LogP contribution in [0.25, 0.3) is 0 Å². The van der Waals surface area contributed by atoms with Crippen LogP contribution in [-0.2, 0) is 4.79 Å². The molecule has 9 heteroatoms. The molecule has 20 heavy (non-hydrogen) atoms. The maximum Gasteiger partial charge on any atom is 0.297 e. The third kappa shape index (κ3) is 3.51. The summed E-state index contributed by atoms with van der Waals surface area (Å²) in [5.41, 5.74) is 16.6. The highest BCUT2D eigenvalue weighted by atomic mass is 16.1. The van der Waals surface area contributed by atoms with E-state index >= 15 is 0 Å². The first-order valence-corrected chi connectivity index (χ1v) is 5.56. The molecule has 1 aromatic heterocycles. The molecule has 0 saturated carbocycles. The summed E-state index contributed by atoms with van der Waals surface area (Å²) < 4.78 is 0. The fraction of sp³-hybridized carbons (Fsp3) is 0.182. The quantitative estimate of drug-likeness (QED) is 0.354. The number of amides is 1. The molecule has 0 aliphatic heterocycles. The second kappa shape index (κ2) is 6.27. The van der Waals surface area contributed by atoms with E-state index in [1.807, 2.05) is 0 Å². The fourth-order valence-electron chi connectivity index (χ4n) is 1.38. The van der Waals surface area contributed by atoms with E-state index in [0.717, 1.165) is 0 Å². The molecule has 1 rings (SSSR count). The number of allylic oxidation sites excluding steroid dienone is 1. The van der Waals surface area contributed by atoms with Gasteiger partial charge in [-0.05, 0) is 13.0 Å². The molecule has 0 fully saturated rings. The Morgan fingerprint density at radius 1 is 1.45 bits per heavy atom. The van der Waals surface area contributed by atoms with Gasteiger partial charge in [0, 0.05) is 12.7 Å². The zero-order chi connectivity index (χ0) is 15.3. The van der Waals surface area contributed by atoms with Gasteiger partial charge in [-0.1, -0.05) is 0 Å². The van der Waals surface area contributed by atoms with Gasteiger partial charge in [0.2, 0.25) is 0 Å². The number of nitrogen functional groups attached to an aromatic ring is 1. The maximum absolute atomic E-state index is 11.9. The van der Waals surface area contributed by atoms with Crippen LogP contribution in [0.1, 0.15) is 12.5 Å². The third-order valence-corrected chi connectivity index (χ3v) is 2.18. The predicted molar refractivity (Wildman–Crippen MR) is 77.4 cm³/mol. The zero-order valence-electron chi connectivity index (χ0n) is 11.1. The van der Waals surface area contributed by atoms with Gasteiger partial charge in [-0.3, -0.25) is 10.2 Å². The van der Waals surface area contributed by atoms with E-state index in [-0.39, 0.29) is 23.0 Å². The third-order valence-electron chi connectivity index (χ3n) is 2.18. The van der Waals surface area contributed by atoms with Crippen molar-refractivity contribution in [1.29, 1.82) is 5.41 Å². The first kappa shape index (κ1) is 15.1. The number of aromatic nitrogens is 2. The Balaban J connectivity index is 3.14. The van der Waals surface area contributed by atoms with Crippen LogP contribution in [-0.4, -0.2) is 34.5 Å². The topological polar surface area (TPSA) is 169 Å². The first-order valence-electron chi connectivity index (χ1n) is 5.56. The lowest BCUT2D eigenvalue weighted by Crippen LogP contribution is -2.21. The van der Waals surface area contributed by atoms with Gasteiger partial charge in [0.1, 0.15) is 29.5 Å². The van der Waals surface area contributed by atoms with Gasteiger partial charge in [-0.25, -0.2) is 9.97 Å². The number of aliphatic imine (C=N–C) groups is 1. The van der Waals surface area contributed by atoms with Crippen LogP contribution >= 0.6 is 0 Å². The van der Waals surface area contributed by atoms with Crippen molar-refractivity contribution in [3.63, 3.8) is 0 Å². The van der Waals surface area contributed by atoms with Gasteiger partial charge in [0.25, 0.3) is 5.91 Å². The van der Waals surface area contributed by atoms with Crippen molar-refractivity contribution < 1.29 is 4.79 Å². The maximum atomic E-state index is 11.9. The molecule has 0 aromatic carbocycles. The molecule has 9 nitrogen and oxygen atoms in total. The van der Waals surface area contributed by atoms with Crippen LogP contribution in [0.3, 0.4) is 0 Å². The monoisotopic (exact) mass is 276 g/mol. The average Bonchev–Trinajstić information content (AvgIpc) is 2.36. The molecule has 0 aliphatic rings. The molecule has 0 radical (unpaired) electrons. The number of nitrogens with two attached hydrogens (primary N) is 3. The average molecular weight is 276 g/mol. The molecule has 8 N–H and O–H groups in total. The summed E-state index contributed by atoms with van der Waals surface area (Å²) in [5, 5.41) is 10.6. The molecule has 106 valence electrons. The molecule has 0 saturated heterocycles. The Morgan fingerprint density at radius 2 is 2.10 bits per heavy atom. The summed E-state index contributed by atoms with van der Waals surface area (Å²) >= 11 is 0. The van der Waals surface area contributed by atoms with Crippen LogP contribution in [0.15, 0.2) is 23.1 Å². The Labute approximate surface area is 115 Å². The molecule has 1 aromatic rings. The van der Waals surface area contributed by atoms with E-state index in [0.29, 0.717) is 5.70 Å².